The van der Waals surface area contributed by atoms with Gasteiger partial charge in [-0.05, 0) is 48.4 Å². The molecule has 2 nitrogen and oxygen atoms in total. The Bertz CT molecular complexity index is 389. The zero-order chi connectivity index (χ0) is 13.9. The second-order valence-electron chi connectivity index (χ2n) is 6.94. The predicted molar refractivity (Wildman–Crippen MR) is 82.0 cm³/mol. The summed E-state index contributed by atoms with van der Waals surface area (Å²) >= 11 is 0. The molecule has 106 valence electrons. The topological polar surface area (TPSA) is 29.3 Å². The van der Waals surface area contributed by atoms with E-state index in [1.54, 1.807) is 0 Å². The zero-order valence-corrected chi connectivity index (χ0v) is 12.7. The first-order valence-electron chi connectivity index (χ1n) is 7.49. The molecule has 19 heavy (non-hydrogen) atoms. The first-order valence-corrected chi connectivity index (χ1v) is 7.49. The van der Waals surface area contributed by atoms with Crippen LogP contribution in [0, 0.1) is 11.3 Å². The average molecular weight is 260 g/mol. The molecule has 2 N–H and O–H groups in total. The van der Waals surface area contributed by atoms with E-state index < -0.39 is 0 Å². The molecule has 0 bridgehead atoms. The third-order valence-corrected chi connectivity index (χ3v) is 4.36. The number of rotatable bonds is 4. The summed E-state index contributed by atoms with van der Waals surface area (Å²) in [7, 11) is 0. The van der Waals surface area contributed by atoms with Crippen LogP contribution < -0.4 is 5.73 Å². The van der Waals surface area contributed by atoms with E-state index in [2.05, 4.69) is 49.9 Å². The normalized spacial score (nSPS) is 20.9. The summed E-state index contributed by atoms with van der Waals surface area (Å²) in [5, 5.41) is 0. The van der Waals surface area contributed by atoms with Gasteiger partial charge in [0.2, 0.25) is 0 Å². The fourth-order valence-electron chi connectivity index (χ4n) is 2.92. The first kappa shape index (κ1) is 14.5. The minimum Gasteiger partial charge on any atom is -0.330 e. The van der Waals surface area contributed by atoms with Crippen LogP contribution in [0.4, 0.5) is 0 Å². The number of nitrogens with two attached hydrogens (primary N) is 1. The lowest BCUT2D eigenvalue weighted by molar-refractivity contribution is 0.226. The van der Waals surface area contributed by atoms with Gasteiger partial charge in [-0.2, -0.15) is 0 Å². The molecule has 0 aromatic heterocycles. The van der Waals surface area contributed by atoms with E-state index in [1.807, 2.05) is 0 Å². The Morgan fingerprint density at radius 1 is 1.16 bits per heavy atom. The van der Waals surface area contributed by atoms with Crippen LogP contribution in [0.25, 0.3) is 0 Å². The highest BCUT2D eigenvalue weighted by Gasteiger charge is 2.31. The van der Waals surface area contributed by atoms with E-state index in [1.165, 1.54) is 30.6 Å². The maximum absolute atomic E-state index is 5.58. The average Bonchev–Trinajstić information content (AvgIpc) is 2.80. The molecule has 1 atom stereocenters. The third kappa shape index (κ3) is 4.05. The SMILES string of the molecule is CC(C)(C)C1CCN(Cc2ccc(CCN)cc2)C1. The second-order valence-corrected chi connectivity index (χ2v) is 6.94. The Balaban J connectivity index is 1.88. The summed E-state index contributed by atoms with van der Waals surface area (Å²) in [4.78, 5) is 2.59. The smallest absolute Gasteiger partial charge is 0.0233 e. The Hall–Kier alpha value is -0.860. The summed E-state index contributed by atoms with van der Waals surface area (Å²) in [5.74, 6) is 0.837. The molecule has 0 amide bonds. The van der Waals surface area contributed by atoms with Crippen molar-refractivity contribution < 1.29 is 0 Å². The van der Waals surface area contributed by atoms with Crippen LogP contribution in [0.3, 0.4) is 0 Å². The molecule has 2 heteroatoms. The Morgan fingerprint density at radius 3 is 2.32 bits per heavy atom. The largest absolute Gasteiger partial charge is 0.330 e. The molecule has 0 spiro atoms. The van der Waals surface area contributed by atoms with E-state index >= 15 is 0 Å². The fourth-order valence-corrected chi connectivity index (χ4v) is 2.92. The van der Waals surface area contributed by atoms with Crippen LogP contribution in [0.2, 0.25) is 0 Å². The molecule has 1 aliphatic rings. The highest BCUT2D eigenvalue weighted by molar-refractivity contribution is 5.22. The van der Waals surface area contributed by atoms with E-state index in [-0.39, 0.29) is 0 Å². The molecule has 1 unspecified atom stereocenters. The van der Waals surface area contributed by atoms with Crippen molar-refractivity contribution in [3.63, 3.8) is 0 Å². The monoisotopic (exact) mass is 260 g/mol. The van der Waals surface area contributed by atoms with Crippen LogP contribution in [0.1, 0.15) is 38.3 Å². The standard InChI is InChI=1S/C17H28N2/c1-17(2,3)16-9-11-19(13-16)12-15-6-4-14(5-7-15)8-10-18/h4-7,16H,8-13,18H2,1-3H3. The molecule has 1 aromatic rings. The van der Waals surface area contributed by atoms with E-state index in [0.29, 0.717) is 5.41 Å². The van der Waals surface area contributed by atoms with Crippen molar-refractivity contribution in [2.75, 3.05) is 19.6 Å². The van der Waals surface area contributed by atoms with Gasteiger partial charge in [-0.25, -0.2) is 0 Å². The van der Waals surface area contributed by atoms with Gasteiger partial charge in [0, 0.05) is 13.1 Å². The van der Waals surface area contributed by atoms with Crippen molar-refractivity contribution in [1.29, 1.82) is 0 Å². The van der Waals surface area contributed by atoms with E-state index in [9.17, 15) is 0 Å². The highest BCUT2D eigenvalue weighted by atomic mass is 15.1. The fraction of sp³-hybridized carbons (Fsp3) is 0.647. The molecule has 2 rings (SSSR count). The maximum Gasteiger partial charge on any atom is 0.0233 e. The number of nitrogens with zero attached hydrogens (tertiary/aromatic N) is 1. The summed E-state index contributed by atoms with van der Waals surface area (Å²) < 4.78 is 0. The molecule has 1 aliphatic heterocycles. The third-order valence-electron chi connectivity index (χ3n) is 4.36. The van der Waals surface area contributed by atoms with E-state index in [4.69, 9.17) is 5.73 Å². The maximum atomic E-state index is 5.58. The molecule has 1 fully saturated rings. The lowest BCUT2D eigenvalue weighted by atomic mass is 9.80. The number of likely N-dealkylation sites (tertiary alicyclic amines) is 1. The number of hydrogen-bond donors (Lipinski definition) is 1. The van der Waals surface area contributed by atoms with Crippen molar-refractivity contribution in [1.82, 2.24) is 4.90 Å². The number of hydrogen-bond acceptors (Lipinski definition) is 2. The van der Waals surface area contributed by atoms with Gasteiger partial charge in [0.05, 0.1) is 0 Å². The molecule has 1 heterocycles. The van der Waals surface area contributed by atoms with Crippen LogP contribution >= 0.6 is 0 Å². The molecule has 1 saturated heterocycles. The van der Waals surface area contributed by atoms with Crippen molar-refractivity contribution in [3.05, 3.63) is 35.4 Å². The van der Waals surface area contributed by atoms with Crippen molar-refractivity contribution in [3.8, 4) is 0 Å². The molecular formula is C17H28N2. The quantitative estimate of drug-likeness (QED) is 0.901. The molecular weight excluding hydrogens is 232 g/mol. The number of benzene rings is 1. The van der Waals surface area contributed by atoms with Gasteiger partial charge in [-0.15, -0.1) is 0 Å². The molecule has 1 aromatic carbocycles. The summed E-state index contributed by atoms with van der Waals surface area (Å²) in [6.45, 7) is 11.4. The first-order chi connectivity index (χ1) is 8.99. The second kappa shape index (κ2) is 6.06. The zero-order valence-electron chi connectivity index (χ0n) is 12.7. The summed E-state index contributed by atoms with van der Waals surface area (Å²) in [5.41, 5.74) is 8.80. The molecule has 0 saturated carbocycles. The van der Waals surface area contributed by atoms with Crippen molar-refractivity contribution >= 4 is 0 Å². The van der Waals surface area contributed by atoms with Gasteiger partial charge in [-0.3, -0.25) is 4.90 Å². The minimum atomic E-state index is 0.444. The van der Waals surface area contributed by atoms with Crippen molar-refractivity contribution in [2.45, 2.75) is 40.2 Å². The van der Waals surface area contributed by atoms with Gasteiger partial charge in [-0.1, -0.05) is 45.0 Å². The van der Waals surface area contributed by atoms with Gasteiger partial charge >= 0.3 is 0 Å². The lowest BCUT2D eigenvalue weighted by Gasteiger charge is -2.27. The van der Waals surface area contributed by atoms with Crippen LogP contribution in [0.15, 0.2) is 24.3 Å². The van der Waals surface area contributed by atoms with Crippen LogP contribution in [-0.2, 0) is 13.0 Å². The van der Waals surface area contributed by atoms with Crippen molar-refractivity contribution in [2.24, 2.45) is 17.1 Å². The minimum absolute atomic E-state index is 0.444. The Morgan fingerprint density at radius 2 is 1.79 bits per heavy atom. The summed E-state index contributed by atoms with van der Waals surface area (Å²) in [6.07, 6.45) is 2.32. The lowest BCUT2D eigenvalue weighted by Crippen LogP contribution is -2.25. The molecule has 0 radical (unpaired) electrons. The Kier molecular flexibility index (Phi) is 4.64. The predicted octanol–water partition coefficient (Wildman–Crippen LogP) is 3.06. The van der Waals surface area contributed by atoms with Crippen LogP contribution in [-0.4, -0.2) is 24.5 Å². The van der Waals surface area contributed by atoms with Gasteiger partial charge < -0.3 is 5.73 Å². The van der Waals surface area contributed by atoms with Crippen LogP contribution in [0.5, 0.6) is 0 Å². The van der Waals surface area contributed by atoms with Gasteiger partial charge in [0.15, 0.2) is 0 Å². The highest BCUT2D eigenvalue weighted by Crippen LogP contribution is 2.34. The molecule has 0 aliphatic carbocycles. The van der Waals surface area contributed by atoms with E-state index in [0.717, 1.165) is 25.4 Å². The summed E-state index contributed by atoms with van der Waals surface area (Å²) in [6, 6.07) is 8.96. The van der Waals surface area contributed by atoms with Gasteiger partial charge in [0.25, 0.3) is 0 Å². The Labute approximate surface area is 118 Å². The van der Waals surface area contributed by atoms with Gasteiger partial charge in [0.1, 0.15) is 0 Å².